The van der Waals surface area contributed by atoms with Crippen molar-refractivity contribution in [3.63, 3.8) is 0 Å². The van der Waals surface area contributed by atoms with Crippen LogP contribution >= 0.6 is 0 Å². The Morgan fingerprint density at radius 3 is 2.20 bits per heavy atom. The Balaban J connectivity index is 2.45. The van der Waals surface area contributed by atoms with Crippen molar-refractivity contribution in [1.82, 2.24) is 0 Å². The fourth-order valence-electron chi connectivity index (χ4n) is 3.32. The summed E-state index contributed by atoms with van der Waals surface area (Å²) in [7, 11) is 0. The Labute approximate surface area is 153 Å². The molecule has 0 amide bonds. The topological polar surface area (TPSA) is 46.5 Å². The first-order chi connectivity index (χ1) is 12.2. The number of ether oxygens (including phenoxy) is 1. The zero-order valence-corrected chi connectivity index (χ0v) is 16.1. The zero-order chi connectivity index (χ0) is 18.3. The van der Waals surface area contributed by atoms with Gasteiger partial charge < -0.3 is 9.84 Å². The van der Waals surface area contributed by atoms with Gasteiger partial charge in [0.25, 0.3) is 0 Å². The number of hydrogen-bond donors (Lipinski definition) is 1. The van der Waals surface area contributed by atoms with E-state index >= 15 is 0 Å². The van der Waals surface area contributed by atoms with Crippen molar-refractivity contribution < 1.29 is 14.6 Å². The van der Waals surface area contributed by atoms with E-state index in [1.807, 2.05) is 6.92 Å². The number of rotatable bonds is 15. The van der Waals surface area contributed by atoms with Crippen molar-refractivity contribution in [2.75, 3.05) is 6.61 Å². The Hall–Kier alpha value is -1.51. The molecule has 3 heteroatoms. The maximum absolute atomic E-state index is 10.7. The van der Waals surface area contributed by atoms with E-state index in [0.29, 0.717) is 18.9 Å². The molecule has 142 valence electrons. The summed E-state index contributed by atoms with van der Waals surface area (Å²) in [6.45, 7) is 4.94. The molecule has 0 radical (unpaired) electrons. The summed E-state index contributed by atoms with van der Waals surface area (Å²) in [6, 6.07) is 8.46. The molecule has 0 spiro atoms. The van der Waals surface area contributed by atoms with Gasteiger partial charge in [0.1, 0.15) is 5.75 Å². The van der Waals surface area contributed by atoms with E-state index in [-0.39, 0.29) is 0 Å². The molecule has 1 unspecified atom stereocenters. The highest BCUT2D eigenvalue weighted by atomic mass is 16.5. The van der Waals surface area contributed by atoms with Crippen LogP contribution in [0.2, 0.25) is 0 Å². The average Bonchev–Trinajstić information content (AvgIpc) is 2.60. The molecule has 3 nitrogen and oxygen atoms in total. The van der Waals surface area contributed by atoms with Crippen LogP contribution < -0.4 is 4.74 Å². The number of carboxylic acids is 1. The predicted octanol–water partition coefficient (Wildman–Crippen LogP) is 6.25. The lowest BCUT2D eigenvalue weighted by atomic mass is 9.89. The third-order valence-electron chi connectivity index (χ3n) is 4.73. The van der Waals surface area contributed by atoms with Gasteiger partial charge in [-0.1, -0.05) is 70.4 Å². The lowest BCUT2D eigenvalue weighted by Gasteiger charge is -2.17. The fourth-order valence-corrected chi connectivity index (χ4v) is 3.32. The second-order valence-corrected chi connectivity index (χ2v) is 6.99. The first-order valence-electron chi connectivity index (χ1n) is 10.1. The summed E-state index contributed by atoms with van der Waals surface area (Å²) in [5.74, 6) is 0.916. The summed E-state index contributed by atoms with van der Waals surface area (Å²) in [5.41, 5.74) is 1.36. The molecule has 0 saturated carbocycles. The van der Waals surface area contributed by atoms with Crippen LogP contribution in [0.4, 0.5) is 0 Å². The van der Waals surface area contributed by atoms with Crippen molar-refractivity contribution in [3.05, 3.63) is 29.8 Å². The third-order valence-corrected chi connectivity index (χ3v) is 4.73. The van der Waals surface area contributed by atoms with Crippen molar-refractivity contribution >= 4 is 5.97 Å². The number of benzene rings is 1. The SMILES string of the molecule is CCCCCCCC(CCCCC(=O)O)Cc1ccc(OCC)cc1. The summed E-state index contributed by atoms with van der Waals surface area (Å²) < 4.78 is 5.51. The van der Waals surface area contributed by atoms with E-state index in [2.05, 4.69) is 31.2 Å². The number of unbranched alkanes of at least 4 members (excludes halogenated alkanes) is 5. The minimum Gasteiger partial charge on any atom is -0.494 e. The van der Waals surface area contributed by atoms with Crippen LogP contribution in [0.15, 0.2) is 24.3 Å². The normalized spacial score (nSPS) is 12.1. The predicted molar refractivity (Wildman–Crippen MR) is 104 cm³/mol. The maximum atomic E-state index is 10.7. The monoisotopic (exact) mass is 348 g/mol. The molecule has 1 aromatic rings. The van der Waals surface area contributed by atoms with E-state index in [1.165, 1.54) is 44.1 Å². The van der Waals surface area contributed by atoms with Gasteiger partial charge in [-0.05, 0) is 43.4 Å². The smallest absolute Gasteiger partial charge is 0.303 e. The molecule has 0 aliphatic heterocycles. The largest absolute Gasteiger partial charge is 0.494 e. The van der Waals surface area contributed by atoms with Crippen LogP contribution in [0.5, 0.6) is 5.75 Å². The third kappa shape index (κ3) is 10.9. The van der Waals surface area contributed by atoms with Crippen molar-refractivity contribution in [2.45, 2.75) is 84.5 Å². The standard InChI is InChI=1S/C22H36O3/c1-3-5-6-7-8-11-19(12-9-10-13-22(23)24)18-20-14-16-21(17-15-20)25-4-2/h14-17,19H,3-13,18H2,1-2H3,(H,23,24). The Morgan fingerprint density at radius 1 is 0.960 bits per heavy atom. The van der Waals surface area contributed by atoms with E-state index < -0.39 is 5.97 Å². The van der Waals surface area contributed by atoms with Crippen molar-refractivity contribution in [3.8, 4) is 5.75 Å². The summed E-state index contributed by atoms with van der Waals surface area (Å²) >= 11 is 0. The van der Waals surface area contributed by atoms with Gasteiger partial charge in [-0.15, -0.1) is 0 Å². The second kappa shape index (κ2) is 13.7. The Bertz CT molecular complexity index is 453. The lowest BCUT2D eigenvalue weighted by Crippen LogP contribution is -2.06. The molecule has 0 heterocycles. The van der Waals surface area contributed by atoms with Gasteiger partial charge in [-0.3, -0.25) is 4.79 Å². The number of hydrogen-bond acceptors (Lipinski definition) is 2. The zero-order valence-electron chi connectivity index (χ0n) is 16.1. The Morgan fingerprint density at radius 2 is 1.60 bits per heavy atom. The molecule has 1 atom stereocenters. The fraction of sp³-hybridized carbons (Fsp3) is 0.682. The molecule has 0 aliphatic rings. The summed E-state index contributed by atoms with van der Waals surface area (Å²) in [4.78, 5) is 10.7. The quantitative estimate of drug-likeness (QED) is 0.381. The van der Waals surface area contributed by atoms with Gasteiger partial charge in [-0.25, -0.2) is 0 Å². The average molecular weight is 349 g/mol. The molecule has 1 rings (SSSR count). The van der Waals surface area contributed by atoms with Gasteiger partial charge in [0.2, 0.25) is 0 Å². The number of carbonyl (C=O) groups is 1. The van der Waals surface area contributed by atoms with Crippen LogP contribution in [0, 0.1) is 5.92 Å². The molecule has 0 aromatic heterocycles. The van der Waals surface area contributed by atoms with E-state index in [9.17, 15) is 4.79 Å². The van der Waals surface area contributed by atoms with Gasteiger partial charge in [-0.2, -0.15) is 0 Å². The van der Waals surface area contributed by atoms with E-state index in [1.54, 1.807) is 0 Å². The second-order valence-electron chi connectivity index (χ2n) is 6.99. The first-order valence-corrected chi connectivity index (χ1v) is 10.1. The van der Waals surface area contributed by atoms with Gasteiger partial charge in [0, 0.05) is 6.42 Å². The van der Waals surface area contributed by atoms with Gasteiger partial charge in [0.05, 0.1) is 6.61 Å². The van der Waals surface area contributed by atoms with Crippen LogP contribution in [0.1, 0.15) is 83.6 Å². The molecule has 0 fully saturated rings. The minimum absolute atomic E-state index is 0.298. The number of carboxylic acid groups (broad SMARTS) is 1. The van der Waals surface area contributed by atoms with Crippen LogP contribution in [-0.4, -0.2) is 17.7 Å². The van der Waals surface area contributed by atoms with E-state index in [0.717, 1.165) is 31.4 Å². The van der Waals surface area contributed by atoms with E-state index in [4.69, 9.17) is 9.84 Å². The molecular weight excluding hydrogens is 312 g/mol. The Kier molecular flexibility index (Phi) is 11.8. The molecule has 25 heavy (non-hydrogen) atoms. The van der Waals surface area contributed by atoms with Crippen molar-refractivity contribution in [1.29, 1.82) is 0 Å². The first kappa shape index (κ1) is 21.5. The molecular formula is C22H36O3. The van der Waals surface area contributed by atoms with Crippen molar-refractivity contribution in [2.24, 2.45) is 5.92 Å². The summed E-state index contributed by atoms with van der Waals surface area (Å²) in [5, 5.41) is 8.80. The molecule has 0 saturated heterocycles. The van der Waals surface area contributed by atoms with Crippen LogP contribution in [-0.2, 0) is 11.2 Å². The highest BCUT2D eigenvalue weighted by Crippen LogP contribution is 2.23. The molecule has 1 aromatic carbocycles. The van der Waals surface area contributed by atoms with Crippen LogP contribution in [0.25, 0.3) is 0 Å². The molecule has 0 bridgehead atoms. The van der Waals surface area contributed by atoms with Gasteiger partial charge in [0.15, 0.2) is 0 Å². The highest BCUT2D eigenvalue weighted by Gasteiger charge is 2.11. The lowest BCUT2D eigenvalue weighted by molar-refractivity contribution is -0.137. The molecule has 0 aliphatic carbocycles. The maximum Gasteiger partial charge on any atom is 0.303 e. The highest BCUT2D eigenvalue weighted by molar-refractivity contribution is 5.66. The number of aliphatic carboxylic acids is 1. The molecule has 1 N–H and O–H groups in total. The minimum atomic E-state index is -0.678. The summed E-state index contributed by atoms with van der Waals surface area (Å²) in [6.07, 6.45) is 12.2. The van der Waals surface area contributed by atoms with Gasteiger partial charge >= 0.3 is 5.97 Å². The van der Waals surface area contributed by atoms with Crippen LogP contribution in [0.3, 0.4) is 0 Å².